The molecule has 1 saturated carbocycles. The summed E-state index contributed by atoms with van der Waals surface area (Å²) in [5.74, 6) is -0.126. The first kappa shape index (κ1) is 19.4. The summed E-state index contributed by atoms with van der Waals surface area (Å²) in [4.78, 5) is 16.2. The zero-order valence-corrected chi connectivity index (χ0v) is 14.5. The third-order valence-corrected chi connectivity index (χ3v) is 4.59. The minimum Gasteiger partial charge on any atom is -0.376 e. The molecule has 0 aliphatic heterocycles. The molecule has 1 amide bonds. The number of carbonyl (C=O) groups excluding carboxylic acids is 1. The van der Waals surface area contributed by atoms with E-state index in [1.165, 1.54) is 37.0 Å². The van der Waals surface area contributed by atoms with Gasteiger partial charge in [-0.2, -0.15) is 0 Å². The average molecular weight is 348 g/mol. The number of ether oxygens (including phenoxy) is 1. The summed E-state index contributed by atoms with van der Waals surface area (Å²) in [5, 5.41) is 5.56. The van der Waals surface area contributed by atoms with Crippen LogP contribution in [0.5, 0.6) is 0 Å². The summed E-state index contributed by atoms with van der Waals surface area (Å²) >= 11 is 1.48. The van der Waals surface area contributed by atoms with Crippen molar-refractivity contribution in [3.05, 3.63) is 16.1 Å². The number of hydrogen-bond donors (Lipinski definition) is 2. The fourth-order valence-electron chi connectivity index (χ4n) is 2.54. The number of amides is 1. The molecular weight excluding hydrogens is 322 g/mol. The number of halogens is 1. The van der Waals surface area contributed by atoms with E-state index in [1.54, 1.807) is 5.38 Å². The molecule has 5 nitrogen and oxygen atoms in total. The van der Waals surface area contributed by atoms with Crippen LogP contribution in [-0.2, 0) is 11.2 Å². The van der Waals surface area contributed by atoms with Crippen molar-refractivity contribution in [3.8, 4) is 0 Å². The van der Waals surface area contributed by atoms with Crippen molar-refractivity contribution in [1.82, 2.24) is 10.3 Å². The highest BCUT2D eigenvalue weighted by atomic mass is 35.5. The smallest absolute Gasteiger partial charge is 0.270 e. The molecule has 0 radical (unpaired) electrons. The van der Waals surface area contributed by atoms with Crippen molar-refractivity contribution >= 4 is 29.7 Å². The maximum Gasteiger partial charge on any atom is 0.270 e. The average Bonchev–Trinajstić information content (AvgIpc) is 2.80. The lowest BCUT2D eigenvalue weighted by Crippen LogP contribution is -2.29. The summed E-state index contributed by atoms with van der Waals surface area (Å²) in [7, 11) is 0. The first-order chi connectivity index (χ1) is 10.3. The quantitative estimate of drug-likeness (QED) is 0.587. The van der Waals surface area contributed by atoms with Gasteiger partial charge in [0.2, 0.25) is 0 Å². The predicted molar refractivity (Wildman–Crippen MR) is 91.9 cm³/mol. The maximum atomic E-state index is 11.9. The number of nitrogens with one attached hydrogen (secondary N) is 1. The molecule has 1 aromatic rings. The Morgan fingerprint density at radius 3 is 2.77 bits per heavy atom. The lowest BCUT2D eigenvalue weighted by atomic mass is 10.1. The van der Waals surface area contributed by atoms with Crippen LogP contribution in [0.15, 0.2) is 5.38 Å². The second-order valence-corrected chi connectivity index (χ2v) is 6.35. The Kier molecular flexibility index (Phi) is 9.63. The van der Waals surface area contributed by atoms with Gasteiger partial charge < -0.3 is 15.8 Å². The van der Waals surface area contributed by atoms with Crippen molar-refractivity contribution in [1.29, 1.82) is 0 Å². The number of hydrogen-bond acceptors (Lipinski definition) is 5. The Labute approximate surface area is 142 Å². The minimum atomic E-state index is -0.126. The fraction of sp³-hybridized carbons (Fsp3) is 0.733. The molecule has 2 rings (SSSR count). The molecule has 0 aromatic carbocycles. The van der Waals surface area contributed by atoms with E-state index in [9.17, 15) is 4.79 Å². The van der Waals surface area contributed by atoms with Crippen LogP contribution in [0.4, 0.5) is 0 Å². The largest absolute Gasteiger partial charge is 0.376 e. The molecule has 1 aliphatic rings. The molecule has 7 heteroatoms. The summed E-state index contributed by atoms with van der Waals surface area (Å²) in [5.41, 5.74) is 5.96. The van der Waals surface area contributed by atoms with Crippen molar-refractivity contribution in [2.45, 2.75) is 51.0 Å². The van der Waals surface area contributed by atoms with Gasteiger partial charge in [-0.3, -0.25) is 4.79 Å². The number of nitrogens with two attached hydrogens (primary N) is 1. The molecule has 3 N–H and O–H groups in total. The zero-order chi connectivity index (χ0) is 14.9. The zero-order valence-electron chi connectivity index (χ0n) is 12.9. The number of carbonyl (C=O) groups is 1. The molecule has 0 atom stereocenters. The van der Waals surface area contributed by atoms with E-state index in [0.29, 0.717) is 31.5 Å². The molecule has 0 unspecified atom stereocenters. The molecule has 1 fully saturated rings. The van der Waals surface area contributed by atoms with E-state index in [4.69, 9.17) is 10.5 Å². The van der Waals surface area contributed by atoms with E-state index < -0.39 is 0 Å². The van der Waals surface area contributed by atoms with Gasteiger partial charge in [0.25, 0.3) is 5.91 Å². The highest BCUT2D eigenvalue weighted by molar-refractivity contribution is 7.09. The summed E-state index contributed by atoms with van der Waals surface area (Å²) < 4.78 is 5.84. The maximum absolute atomic E-state index is 11.9. The van der Waals surface area contributed by atoms with Gasteiger partial charge in [0, 0.05) is 18.3 Å². The number of thiazole rings is 1. The van der Waals surface area contributed by atoms with Gasteiger partial charge >= 0.3 is 0 Å². The van der Waals surface area contributed by atoms with E-state index in [1.807, 2.05) is 0 Å². The molecule has 1 heterocycles. The number of aromatic nitrogens is 1. The van der Waals surface area contributed by atoms with Crippen molar-refractivity contribution in [3.63, 3.8) is 0 Å². The van der Waals surface area contributed by atoms with Gasteiger partial charge in [-0.05, 0) is 19.4 Å². The molecule has 0 bridgehead atoms. The molecule has 0 spiro atoms. The Balaban J connectivity index is 0.00000242. The predicted octanol–water partition coefficient (Wildman–Crippen LogP) is 2.54. The summed E-state index contributed by atoms with van der Waals surface area (Å²) in [6, 6.07) is 0. The van der Waals surface area contributed by atoms with E-state index in [0.717, 1.165) is 24.3 Å². The van der Waals surface area contributed by atoms with E-state index in [-0.39, 0.29) is 18.3 Å². The first-order valence-electron chi connectivity index (χ1n) is 7.84. The van der Waals surface area contributed by atoms with Crippen LogP contribution in [0, 0.1) is 0 Å². The van der Waals surface area contributed by atoms with Crippen LogP contribution >= 0.6 is 23.7 Å². The minimum absolute atomic E-state index is 0. The monoisotopic (exact) mass is 347 g/mol. The molecule has 22 heavy (non-hydrogen) atoms. The second kappa shape index (κ2) is 10.9. The summed E-state index contributed by atoms with van der Waals surface area (Å²) in [6.45, 7) is 1.68. The Morgan fingerprint density at radius 2 is 2.09 bits per heavy atom. The fourth-order valence-corrected chi connectivity index (χ4v) is 3.34. The van der Waals surface area contributed by atoms with Crippen molar-refractivity contribution in [2.75, 3.05) is 19.7 Å². The van der Waals surface area contributed by atoms with Crippen LogP contribution in [0.1, 0.15) is 54.0 Å². The SMILES string of the molecule is Cl.NCCc1nc(C(=O)NCCOC2CCCCCC2)cs1. The lowest BCUT2D eigenvalue weighted by Gasteiger charge is -2.15. The van der Waals surface area contributed by atoms with E-state index >= 15 is 0 Å². The Bertz CT molecular complexity index is 434. The van der Waals surface area contributed by atoms with Gasteiger partial charge in [-0.25, -0.2) is 4.98 Å². The number of nitrogens with zero attached hydrogens (tertiary/aromatic N) is 1. The standard InChI is InChI=1S/C15H25N3O2S.ClH/c16-8-7-14-18-13(11-21-14)15(19)17-9-10-20-12-5-3-1-2-4-6-12;/h11-12H,1-10,16H2,(H,17,19);1H. The van der Waals surface area contributed by atoms with Gasteiger partial charge in [0.15, 0.2) is 0 Å². The Hall–Kier alpha value is -0.690. The molecular formula is C15H26ClN3O2S. The normalized spacial score (nSPS) is 15.9. The van der Waals surface area contributed by atoms with E-state index in [2.05, 4.69) is 10.3 Å². The molecule has 0 saturated heterocycles. The van der Waals surface area contributed by atoms with Gasteiger partial charge in [-0.1, -0.05) is 25.7 Å². The second-order valence-electron chi connectivity index (χ2n) is 5.41. The van der Waals surface area contributed by atoms with Crippen LogP contribution in [0.3, 0.4) is 0 Å². The van der Waals surface area contributed by atoms with Crippen LogP contribution in [0.2, 0.25) is 0 Å². The van der Waals surface area contributed by atoms with Crippen molar-refractivity contribution in [2.24, 2.45) is 5.73 Å². The Morgan fingerprint density at radius 1 is 1.36 bits per heavy atom. The van der Waals surface area contributed by atoms with Gasteiger partial charge in [0.05, 0.1) is 17.7 Å². The van der Waals surface area contributed by atoms with Crippen LogP contribution in [0.25, 0.3) is 0 Å². The third-order valence-electron chi connectivity index (χ3n) is 3.69. The van der Waals surface area contributed by atoms with Gasteiger partial charge in [0.1, 0.15) is 5.69 Å². The molecule has 1 aliphatic carbocycles. The van der Waals surface area contributed by atoms with Crippen LogP contribution < -0.4 is 11.1 Å². The highest BCUT2D eigenvalue weighted by Crippen LogP contribution is 2.19. The molecule has 1 aromatic heterocycles. The van der Waals surface area contributed by atoms with Crippen LogP contribution in [-0.4, -0.2) is 36.7 Å². The lowest BCUT2D eigenvalue weighted by molar-refractivity contribution is 0.0441. The third kappa shape index (κ3) is 6.60. The highest BCUT2D eigenvalue weighted by Gasteiger charge is 2.13. The summed E-state index contributed by atoms with van der Waals surface area (Å²) in [6.07, 6.45) is 8.59. The number of rotatable bonds is 7. The topological polar surface area (TPSA) is 77.2 Å². The first-order valence-corrected chi connectivity index (χ1v) is 8.72. The van der Waals surface area contributed by atoms with Crippen molar-refractivity contribution < 1.29 is 9.53 Å². The van der Waals surface area contributed by atoms with Gasteiger partial charge in [-0.15, -0.1) is 23.7 Å². The molecule has 126 valence electrons.